The van der Waals surface area contributed by atoms with Crippen LogP contribution in [0, 0.1) is 0 Å². The molecular weight excluding hydrogens is 370 g/mol. The lowest BCUT2D eigenvalue weighted by Crippen LogP contribution is -1.98. The Bertz CT molecular complexity index is 1130. The molecule has 0 aliphatic heterocycles. The molecule has 4 aromatic rings. The van der Waals surface area contributed by atoms with Crippen molar-refractivity contribution < 1.29 is 14.3 Å². The summed E-state index contributed by atoms with van der Waals surface area (Å²) >= 11 is 0. The molecule has 0 atom stereocenters. The van der Waals surface area contributed by atoms with E-state index in [1.807, 2.05) is 30.5 Å². The summed E-state index contributed by atoms with van der Waals surface area (Å²) in [6.07, 6.45) is 5.04. The first kappa shape index (κ1) is 18.5. The number of hydrogen-bond acceptors (Lipinski definition) is 6. The third-order valence-corrected chi connectivity index (χ3v) is 4.52. The zero-order valence-corrected chi connectivity index (χ0v) is 15.8. The van der Waals surface area contributed by atoms with Crippen LogP contribution in [0.25, 0.3) is 28.6 Å². The fourth-order valence-corrected chi connectivity index (χ4v) is 2.96. The molecule has 4 rings (SSSR count). The van der Waals surface area contributed by atoms with E-state index in [1.54, 1.807) is 22.9 Å². The topological polar surface area (TPSA) is 107 Å². The number of hydrogen-bond donors (Lipinski definition) is 1. The van der Waals surface area contributed by atoms with E-state index in [0.29, 0.717) is 11.5 Å². The Balaban J connectivity index is 1.56. The molecule has 1 N–H and O–H groups in total. The molecule has 0 bridgehead atoms. The largest absolute Gasteiger partial charge is 0.478 e. The van der Waals surface area contributed by atoms with Crippen molar-refractivity contribution in [3.63, 3.8) is 0 Å². The van der Waals surface area contributed by atoms with Crippen molar-refractivity contribution in [3.8, 4) is 28.6 Å². The molecule has 0 aliphatic carbocycles. The van der Waals surface area contributed by atoms with Gasteiger partial charge in [-0.25, -0.2) is 9.48 Å². The number of rotatable bonds is 7. The molecule has 8 nitrogen and oxygen atoms in total. The van der Waals surface area contributed by atoms with E-state index in [2.05, 4.69) is 27.4 Å². The number of aromatic nitrogens is 5. The first-order valence-electron chi connectivity index (χ1n) is 9.34. The maximum Gasteiger partial charge on any atom is 0.336 e. The molecule has 0 saturated heterocycles. The standard InChI is InChI=1S/C21H19N5O3/c1-2-3-6-15-13-26(25-22-15)16-11-9-14(10-12-16)19-23-24-20(29-19)17-7-4-5-8-18(17)21(27)28/h4-5,7-13H,2-3,6H2,1H3,(H,27,28). The number of benzene rings is 2. The van der Waals surface area contributed by atoms with Crippen LogP contribution in [-0.4, -0.2) is 36.3 Å². The summed E-state index contributed by atoms with van der Waals surface area (Å²) in [5, 5.41) is 25.8. The Kier molecular flexibility index (Phi) is 5.15. The molecule has 2 aromatic heterocycles. The SMILES string of the molecule is CCCCc1cn(-c2ccc(-c3nnc(-c4ccccc4C(=O)O)o3)cc2)nn1. The molecule has 0 fully saturated rings. The molecule has 146 valence electrons. The van der Waals surface area contributed by atoms with Gasteiger partial charge >= 0.3 is 5.97 Å². The van der Waals surface area contributed by atoms with Gasteiger partial charge in [0.15, 0.2) is 0 Å². The molecule has 0 saturated carbocycles. The van der Waals surface area contributed by atoms with Crippen molar-refractivity contribution in [2.45, 2.75) is 26.2 Å². The highest BCUT2D eigenvalue weighted by Crippen LogP contribution is 2.27. The highest BCUT2D eigenvalue weighted by molar-refractivity contribution is 5.94. The van der Waals surface area contributed by atoms with Crippen LogP contribution >= 0.6 is 0 Å². The van der Waals surface area contributed by atoms with E-state index in [-0.39, 0.29) is 11.5 Å². The minimum Gasteiger partial charge on any atom is -0.478 e. The van der Waals surface area contributed by atoms with Crippen molar-refractivity contribution in [2.75, 3.05) is 0 Å². The molecular formula is C21H19N5O3. The summed E-state index contributed by atoms with van der Waals surface area (Å²) in [5.41, 5.74) is 3.07. The zero-order valence-electron chi connectivity index (χ0n) is 15.8. The molecule has 0 unspecified atom stereocenters. The lowest BCUT2D eigenvalue weighted by atomic mass is 10.1. The number of aromatic carboxylic acids is 1. The number of unbranched alkanes of at least 4 members (excludes halogenated alkanes) is 1. The maximum atomic E-state index is 11.4. The Morgan fingerprint density at radius 1 is 1.03 bits per heavy atom. The number of carboxylic acids is 1. The zero-order chi connectivity index (χ0) is 20.2. The summed E-state index contributed by atoms with van der Waals surface area (Å²) in [5.74, 6) is -0.566. The fraction of sp³-hybridized carbons (Fsp3) is 0.190. The lowest BCUT2D eigenvalue weighted by molar-refractivity contribution is 0.0697. The third-order valence-electron chi connectivity index (χ3n) is 4.52. The predicted molar refractivity (Wildman–Crippen MR) is 106 cm³/mol. The normalized spacial score (nSPS) is 10.9. The monoisotopic (exact) mass is 389 g/mol. The predicted octanol–water partition coefficient (Wildman–Crippen LogP) is 4.03. The minimum absolute atomic E-state index is 0.114. The van der Waals surface area contributed by atoms with Crippen LogP contribution in [0.5, 0.6) is 0 Å². The lowest BCUT2D eigenvalue weighted by Gasteiger charge is -2.01. The van der Waals surface area contributed by atoms with E-state index in [9.17, 15) is 9.90 Å². The molecule has 29 heavy (non-hydrogen) atoms. The molecule has 0 amide bonds. The van der Waals surface area contributed by atoms with Gasteiger partial charge in [-0.2, -0.15) is 0 Å². The van der Waals surface area contributed by atoms with Crippen molar-refractivity contribution in [3.05, 3.63) is 66.0 Å². The third kappa shape index (κ3) is 3.91. The van der Waals surface area contributed by atoms with Crippen LogP contribution in [0.1, 0.15) is 35.8 Å². The second kappa shape index (κ2) is 8.05. The maximum absolute atomic E-state index is 11.4. The Morgan fingerprint density at radius 2 is 1.79 bits per heavy atom. The second-order valence-corrected chi connectivity index (χ2v) is 6.57. The van der Waals surface area contributed by atoms with E-state index >= 15 is 0 Å². The summed E-state index contributed by atoms with van der Waals surface area (Å²) in [6.45, 7) is 2.15. The summed E-state index contributed by atoms with van der Waals surface area (Å²) in [4.78, 5) is 11.4. The van der Waals surface area contributed by atoms with E-state index < -0.39 is 5.97 Å². The van der Waals surface area contributed by atoms with E-state index in [0.717, 1.165) is 36.2 Å². The number of aryl methyl sites for hydroxylation is 1. The summed E-state index contributed by atoms with van der Waals surface area (Å²) in [6, 6.07) is 14.0. The van der Waals surface area contributed by atoms with Gasteiger partial charge in [0, 0.05) is 5.56 Å². The molecule has 2 aromatic carbocycles. The number of carbonyl (C=O) groups is 1. The van der Waals surface area contributed by atoms with E-state index in [4.69, 9.17) is 4.42 Å². The van der Waals surface area contributed by atoms with Crippen LogP contribution in [0.4, 0.5) is 0 Å². The average Bonchev–Trinajstić information content (AvgIpc) is 3.42. The Labute approximate surface area is 166 Å². The van der Waals surface area contributed by atoms with Crippen LogP contribution in [0.2, 0.25) is 0 Å². The minimum atomic E-state index is -1.05. The van der Waals surface area contributed by atoms with Crippen molar-refractivity contribution in [1.82, 2.24) is 25.2 Å². The number of nitrogens with zero attached hydrogens (tertiary/aromatic N) is 5. The summed E-state index contributed by atoms with van der Waals surface area (Å²) in [7, 11) is 0. The fourth-order valence-electron chi connectivity index (χ4n) is 2.96. The molecule has 0 radical (unpaired) electrons. The first-order valence-corrected chi connectivity index (χ1v) is 9.34. The molecule has 2 heterocycles. The van der Waals surface area contributed by atoms with Crippen LogP contribution in [0.3, 0.4) is 0 Å². The van der Waals surface area contributed by atoms with Gasteiger partial charge in [0.1, 0.15) is 0 Å². The van der Waals surface area contributed by atoms with Gasteiger partial charge in [0.25, 0.3) is 0 Å². The van der Waals surface area contributed by atoms with Gasteiger partial charge in [-0.1, -0.05) is 30.7 Å². The molecule has 8 heteroatoms. The van der Waals surface area contributed by atoms with Crippen molar-refractivity contribution in [2.24, 2.45) is 0 Å². The van der Waals surface area contributed by atoms with Crippen LogP contribution in [0.15, 0.2) is 59.1 Å². The Morgan fingerprint density at radius 3 is 2.55 bits per heavy atom. The van der Waals surface area contributed by atoms with Crippen LogP contribution < -0.4 is 0 Å². The number of carboxylic acid groups (broad SMARTS) is 1. The Hall–Kier alpha value is -3.81. The van der Waals surface area contributed by atoms with Gasteiger partial charge in [0.05, 0.1) is 28.7 Å². The quantitative estimate of drug-likeness (QED) is 0.508. The highest BCUT2D eigenvalue weighted by atomic mass is 16.4. The average molecular weight is 389 g/mol. The van der Waals surface area contributed by atoms with E-state index in [1.165, 1.54) is 6.07 Å². The van der Waals surface area contributed by atoms with Crippen molar-refractivity contribution >= 4 is 5.97 Å². The van der Waals surface area contributed by atoms with Gasteiger partial charge in [-0.3, -0.25) is 0 Å². The first-order chi connectivity index (χ1) is 14.2. The van der Waals surface area contributed by atoms with Gasteiger partial charge in [-0.15, -0.1) is 15.3 Å². The summed E-state index contributed by atoms with van der Waals surface area (Å²) < 4.78 is 7.45. The van der Waals surface area contributed by atoms with Gasteiger partial charge in [0.2, 0.25) is 11.8 Å². The van der Waals surface area contributed by atoms with Gasteiger partial charge < -0.3 is 9.52 Å². The second-order valence-electron chi connectivity index (χ2n) is 6.57. The van der Waals surface area contributed by atoms with Crippen LogP contribution in [-0.2, 0) is 6.42 Å². The highest BCUT2D eigenvalue weighted by Gasteiger charge is 2.17. The van der Waals surface area contributed by atoms with Gasteiger partial charge in [-0.05, 0) is 49.2 Å². The van der Waals surface area contributed by atoms with Crippen molar-refractivity contribution in [1.29, 1.82) is 0 Å². The molecule has 0 aliphatic rings. The molecule has 0 spiro atoms. The smallest absolute Gasteiger partial charge is 0.336 e.